The molecule has 1 N–H and O–H groups in total. The average molecular weight is 457 g/mol. The highest BCUT2D eigenvalue weighted by molar-refractivity contribution is 7.89. The van der Waals surface area contributed by atoms with E-state index in [9.17, 15) is 13.2 Å². The van der Waals surface area contributed by atoms with Gasteiger partial charge in [0.15, 0.2) is 0 Å². The van der Waals surface area contributed by atoms with Crippen LogP contribution in [0.5, 0.6) is 5.75 Å². The van der Waals surface area contributed by atoms with Crippen LogP contribution in [0, 0.1) is 5.41 Å². The quantitative estimate of drug-likeness (QED) is 0.720. The molecule has 6 nitrogen and oxygen atoms in total. The minimum atomic E-state index is -3.64. The number of hydrogen-bond donors (Lipinski definition) is 1. The van der Waals surface area contributed by atoms with Gasteiger partial charge in [0.1, 0.15) is 5.75 Å². The zero-order valence-corrected chi connectivity index (χ0v) is 19.7. The monoisotopic (exact) mass is 456 g/mol. The van der Waals surface area contributed by atoms with Crippen molar-refractivity contribution < 1.29 is 17.9 Å². The number of carbonyl (C=O) groups excluding carboxylic acids is 1. The Kier molecular flexibility index (Phi) is 6.58. The fourth-order valence-corrected chi connectivity index (χ4v) is 6.43. The second kappa shape index (κ2) is 9.24. The number of sulfonamides is 1. The normalized spacial score (nSPS) is 21.6. The number of ether oxygens (including phenoxy) is 1. The maximum absolute atomic E-state index is 13.4. The number of aryl methyl sites for hydroxylation is 2. The number of benzene rings is 2. The van der Waals surface area contributed by atoms with E-state index in [4.69, 9.17) is 4.74 Å². The molecular formula is C25H32N2O4S. The molecule has 0 aromatic heterocycles. The van der Waals surface area contributed by atoms with Gasteiger partial charge in [0.05, 0.1) is 17.4 Å². The van der Waals surface area contributed by atoms with Gasteiger partial charge in [-0.05, 0) is 86.4 Å². The number of methoxy groups -OCH3 is 1. The van der Waals surface area contributed by atoms with Crippen LogP contribution in [0.4, 0.5) is 0 Å². The molecule has 1 saturated heterocycles. The lowest BCUT2D eigenvalue weighted by molar-refractivity contribution is -0.132. The van der Waals surface area contributed by atoms with Crippen molar-refractivity contribution in [2.24, 2.45) is 5.41 Å². The molecule has 32 heavy (non-hydrogen) atoms. The van der Waals surface area contributed by atoms with E-state index in [1.807, 2.05) is 43.3 Å². The lowest BCUT2D eigenvalue weighted by Crippen LogP contribution is -2.51. The molecule has 1 aliphatic heterocycles. The first-order valence-corrected chi connectivity index (χ1v) is 12.8. The van der Waals surface area contributed by atoms with Crippen molar-refractivity contribution in [2.75, 3.05) is 20.2 Å². The number of piperidine rings is 1. The Morgan fingerprint density at radius 1 is 1.09 bits per heavy atom. The fourth-order valence-electron chi connectivity index (χ4n) is 4.78. The highest BCUT2D eigenvalue weighted by atomic mass is 32.2. The van der Waals surface area contributed by atoms with E-state index in [2.05, 4.69) is 5.32 Å². The van der Waals surface area contributed by atoms with Crippen LogP contribution in [0.25, 0.3) is 0 Å². The van der Waals surface area contributed by atoms with Crippen LogP contribution in [0.3, 0.4) is 0 Å². The number of amides is 1. The molecule has 2 aromatic carbocycles. The van der Waals surface area contributed by atoms with Gasteiger partial charge in [0, 0.05) is 19.6 Å². The fraction of sp³-hybridized carbons (Fsp3) is 0.480. The summed E-state index contributed by atoms with van der Waals surface area (Å²) in [6.45, 7) is 2.88. The molecule has 1 fully saturated rings. The van der Waals surface area contributed by atoms with Gasteiger partial charge in [-0.15, -0.1) is 0 Å². The van der Waals surface area contributed by atoms with Crippen LogP contribution in [-0.4, -0.2) is 38.8 Å². The molecule has 0 spiro atoms. The van der Waals surface area contributed by atoms with Crippen molar-refractivity contribution >= 4 is 15.9 Å². The van der Waals surface area contributed by atoms with E-state index >= 15 is 0 Å². The van der Waals surface area contributed by atoms with Gasteiger partial charge >= 0.3 is 0 Å². The number of rotatable bonds is 6. The molecule has 0 unspecified atom stereocenters. The first kappa shape index (κ1) is 22.8. The standard InChI is InChI=1S/C25H32N2O4S/c1-25(24(28)26-17-19-7-5-10-22(15-19)31-2)13-6-14-27(18-25)32(29,30)23-12-11-20-8-3-4-9-21(20)16-23/h5,7,10-12,15-16H,3-4,6,8-9,13-14,17-18H2,1-2H3,(H,26,28)/t25-/m1/s1. The molecule has 1 heterocycles. The van der Waals surface area contributed by atoms with E-state index in [0.717, 1.165) is 42.6 Å². The van der Waals surface area contributed by atoms with E-state index < -0.39 is 15.4 Å². The van der Waals surface area contributed by atoms with Crippen LogP contribution >= 0.6 is 0 Å². The minimum absolute atomic E-state index is 0.120. The molecule has 0 bridgehead atoms. The lowest BCUT2D eigenvalue weighted by Gasteiger charge is -2.38. The largest absolute Gasteiger partial charge is 0.497 e. The Morgan fingerprint density at radius 2 is 1.88 bits per heavy atom. The average Bonchev–Trinajstić information content (AvgIpc) is 2.82. The molecular weight excluding hydrogens is 424 g/mol. The van der Waals surface area contributed by atoms with Gasteiger partial charge in [-0.25, -0.2) is 8.42 Å². The number of hydrogen-bond acceptors (Lipinski definition) is 4. The van der Waals surface area contributed by atoms with Gasteiger partial charge in [0.2, 0.25) is 15.9 Å². The van der Waals surface area contributed by atoms with Crippen LogP contribution in [0.15, 0.2) is 47.4 Å². The predicted octanol–water partition coefficient (Wildman–Crippen LogP) is 3.68. The van der Waals surface area contributed by atoms with Crippen molar-refractivity contribution in [3.05, 3.63) is 59.2 Å². The first-order chi connectivity index (χ1) is 15.3. The maximum atomic E-state index is 13.4. The highest BCUT2D eigenvalue weighted by Gasteiger charge is 2.42. The summed E-state index contributed by atoms with van der Waals surface area (Å²) in [6.07, 6.45) is 5.54. The van der Waals surface area contributed by atoms with Crippen LogP contribution in [0.2, 0.25) is 0 Å². The van der Waals surface area contributed by atoms with Crippen molar-refractivity contribution in [2.45, 2.75) is 56.9 Å². The van der Waals surface area contributed by atoms with Crippen molar-refractivity contribution in [1.82, 2.24) is 9.62 Å². The molecule has 1 atom stereocenters. The van der Waals surface area contributed by atoms with E-state index in [-0.39, 0.29) is 12.5 Å². The summed E-state index contributed by atoms with van der Waals surface area (Å²) >= 11 is 0. The third kappa shape index (κ3) is 4.69. The number of carbonyl (C=O) groups is 1. The maximum Gasteiger partial charge on any atom is 0.243 e. The van der Waals surface area contributed by atoms with E-state index in [1.165, 1.54) is 9.87 Å². The zero-order chi connectivity index (χ0) is 22.8. The Labute approximate surface area is 191 Å². The van der Waals surface area contributed by atoms with E-state index in [0.29, 0.717) is 30.8 Å². The zero-order valence-electron chi connectivity index (χ0n) is 18.9. The van der Waals surface area contributed by atoms with Gasteiger partial charge in [-0.1, -0.05) is 18.2 Å². The smallest absolute Gasteiger partial charge is 0.243 e. The van der Waals surface area contributed by atoms with Crippen molar-refractivity contribution in [3.8, 4) is 5.75 Å². The number of nitrogens with one attached hydrogen (secondary N) is 1. The topological polar surface area (TPSA) is 75.7 Å². The predicted molar refractivity (Wildman–Crippen MR) is 124 cm³/mol. The van der Waals surface area contributed by atoms with Gasteiger partial charge in [-0.2, -0.15) is 4.31 Å². The molecule has 4 rings (SSSR count). The molecule has 2 aliphatic rings. The van der Waals surface area contributed by atoms with Crippen molar-refractivity contribution in [1.29, 1.82) is 0 Å². The minimum Gasteiger partial charge on any atom is -0.497 e. The van der Waals surface area contributed by atoms with Gasteiger partial charge in [0.25, 0.3) is 0 Å². The Balaban J connectivity index is 1.47. The van der Waals surface area contributed by atoms with E-state index in [1.54, 1.807) is 13.2 Å². The number of nitrogens with zero attached hydrogens (tertiary/aromatic N) is 1. The Hall–Kier alpha value is -2.38. The molecule has 0 radical (unpaired) electrons. The third-order valence-electron chi connectivity index (χ3n) is 6.75. The second-order valence-electron chi connectivity index (χ2n) is 9.17. The van der Waals surface area contributed by atoms with Crippen molar-refractivity contribution in [3.63, 3.8) is 0 Å². The Morgan fingerprint density at radius 3 is 2.66 bits per heavy atom. The summed E-state index contributed by atoms with van der Waals surface area (Å²) in [5, 5.41) is 3.00. The lowest BCUT2D eigenvalue weighted by atomic mass is 9.82. The second-order valence-corrected chi connectivity index (χ2v) is 11.1. The Bertz CT molecular complexity index is 1100. The van der Waals surface area contributed by atoms with Crippen LogP contribution in [-0.2, 0) is 34.2 Å². The van der Waals surface area contributed by atoms with Crippen LogP contribution < -0.4 is 10.1 Å². The molecule has 2 aromatic rings. The summed E-state index contributed by atoms with van der Waals surface area (Å²) in [6, 6.07) is 13.1. The van der Waals surface area contributed by atoms with Crippen LogP contribution in [0.1, 0.15) is 49.3 Å². The molecule has 0 saturated carbocycles. The molecule has 1 amide bonds. The SMILES string of the molecule is COc1cccc(CNC(=O)[C@]2(C)CCCN(S(=O)(=O)c3ccc4c(c3)CCCC4)C2)c1. The molecule has 7 heteroatoms. The number of fused-ring (bicyclic) bond motifs is 1. The third-order valence-corrected chi connectivity index (χ3v) is 8.60. The summed E-state index contributed by atoms with van der Waals surface area (Å²) in [4.78, 5) is 13.4. The molecule has 172 valence electrons. The molecule has 1 aliphatic carbocycles. The van der Waals surface area contributed by atoms with Gasteiger partial charge in [-0.3, -0.25) is 4.79 Å². The summed E-state index contributed by atoms with van der Waals surface area (Å²) in [7, 11) is -2.03. The highest BCUT2D eigenvalue weighted by Crippen LogP contribution is 2.34. The van der Waals surface area contributed by atoms with Gasteiger partial charge < -0.3 is 10.1 Å². The summed E-state index contributed by atoms with van der Waals surface area (Å²) in [5.74, 6) is 0.619. The first-order valence-electron chi connectivity index (χ1n) is 11.3. The summed E-state index contributed by atoms with van der Waals surface area (Å²) in [5.41, 5.74) is 2.58. The summed E-state index contributed by atoms with van der Waals surface area (Å²) < 4.78 is 33.6.